The molecule has 0 atom stereocenters. The van der Waals surface area contributed by atoms with Gasteiger partial charge < -0.3 is 0 Å². The van der Waals surface area contributed by atoms with Crippen molar-refractivity contribution in [3.63, 3.8) is 0 Å². The van der Waals surface area contributed by atoms with E-state index in [1.54, 1.807) is 0 Å². The minimum Gasteiger partial charge on any atom is -0.0885 e. The van der Waals surface area contributed by atoms with Gasteiger partial charge in [0, 0.05) is 0 Å². The van der Waals surface area contributed by atoms with E-state index >= 15 is 0 Å². The van der Waals surface area contributed by atoms with E-state index in [2.05, 4.69) is 38.2 Å². The standard InChI is InChI=1S/C16H29/c1-3-5-7-9-11-13-15-16-14-12-10-8-6-4-2/h10,12-13,15H,1,3-9,11,14,16H2,2H3/b12-10+,15-13-. The fourth-order valence-corrected chi connectivity index (χ4v) is 1.60. The fraction of sp³-hybridized carbons (Fsp3) is 0.688. The van der Waals surface area contributed by atoms with Crippen LogP contribution >= 0.6 is 0 Å². The highest BCUT2D eigenvalue weighted by molar-refractivity contribution is 4.87. The third-order valence-corrected chi connectivity index (χ3v) is 2.68. The highest BCUT2D eigenvalue weighted by Crippen LogP contribution is 2.04. The van der Waals surface area contributed by atoms with Crippen molar-refractivity contribution in [1.29, 1.82) is 0 Å². The first-order valence-corrected chi connectivity index (χ1v) is 7.01. The molecule has 0 saturated carbocycles. The predicted molar refractivity (Wildman–Crippen MR) is 75.5 cm³/mol. The van der Waals surface area contributed by atoms with Crippen molar-refractivity contribution in [2.45, 2.75) is 71.1 Å². The van der Waals surface area contributed by atoms with Crippen LogP contribution in [0.25, 0.3) is 0 Å². The van der Waals surface area contributed by atoms with Crippen molar-refractivity contribution in [3.05, 3.63) is 31.2 Å². The summed E-state index contributed by atoms with van der Waals surface area (Å²) in [5.41, 5.74) is 0. The lowest BCUT2D eigenvalue weighted by molar-refractivity contribution is 0.694. The molecule has 0 saturated heterocycles. The molecular weight excluding hydrogens is 192 g/mol. The first-order valence-electron chi connectivity index (χ1n) is 7.01. The van der Waals surface area contributed by atoms with E-state index in [1.807, 2.05) is 0 Å². The van der Waals surface area contributed by atoms with Crippen LogP contribution < -0.4 is 0 Å². The molecular formula is C16H29. The summed E-state index contributed by atoms with van der Waals surface area (Å²) < 4.78 is 0. The summed E-state index contributed by atoms with van der Waals surface area (Å²) in [5.74, 6) is 0. The minimum atomic E-state index is 1.09. The van der Waals surface area contributed by atoms with Crippen molar-refractivity contribution in [2.24, 2.45) is 0 Å². The molecule has 0 bridgehead atoms. The molecule has 0 fully saturated rings. The van der Waals surface area contributed by atoms with Crippen molar-refractivity contribution in [3.8, 4) is 0 Å². The molecule has 0 amide bonds. The van der Waals surface area contributed by atoms with E-state index in [1.165, 1.54) is 57.8 Å². The highest BCUT2D eigenvalue weighted by Gasteiger charge is 1.84. The SMILES string of the molecule is [CH2]CCCCC/C=C\CC/C=C/CCCC. The topological polar surface area (TPSA) is 0 Å². The van der Waals surface area contributed by atoms with Gasteiger partial charge in [0.25, 0.3) is 0 Å². The minimum absolute atomic E-state index is 1.09. The molecule has 0 aromatic heterocycles. The third-order valence-electron chi connectivity index (χ3n) is 2.68. The average Bonchev–Trinajstić information content (AvgIpc) is 2.31. The van der Waals surface area contributed by atoms with Crippen LogP contribution in [0.2, 0.25) is 0 Å². The molecule has 0 spiro atoms. The van der Waals surface area contributed by atoms with Crippen LogP contribution in [0.1, 0.15) is 71.1 Å². The zero-order valence-electron chi connectivity index (χ0n) is 11.1. The van der Waals surface area contributed by atoms with E-state index in [0.717, 1.165) is 6.42 Å². The van der Waals surface area contributed by atoms with Crippen molar-refractivity contribution in [2.75, 3.05) is 0 Å². The number of hydrogen-bond donors (Lipinski definition) is 0. The second-order valence-electron chi connectivity index (χ2n) is 4.37. The molecule has 0 aliphatic heterocycles. The van der Waals surface area contributed by atoms with E-state index in [-0.39, 0.29) is 0 Å². The Bertz CT molecular complexity index is 165. The monoisotopic (exact) mass is 221 g/mol. The quantitative estimate of drug-likeness (QED) is 0.303. The predicted octanol–water partition coefficient (Wildman–Crippen LogP) is 5.85. The lowest BCUT2D eigenvalue weighted by atomic mass is 10.1. The Hall–Kier alpha value is -0.520. The van der Waals surface area contributed by atoms with Gasteiger partial charge in [-0.25, -0.2) is 0 Å². The highest BCUT2D eigenvalue weighted by atomic mass is 13.9. The maximum atomic E-state index is 3.85. The van der Waals surface area contributed by atoms with Gasteiger partial charge in [0.2, 0.25) is 0 Å². The van der Waals surface area contributed by atoms with Gasteiger partial charge in [-0.1, -0.05) is 70.3 Å². The lowest BCUT2D eigenvalue weighted by Gasteiger charge is -1.94. The molecule has 0 N–H and O–H groups in total. The van der Waals surface area contributed by atoms with E-state index in [9.17, 15) is 0 Å². The number of hydrogen-bond acceptors (Lipinski definition) is 0. The van der Waals surface area contributed by atoms with Crippen LogP contribution in [-0.2, 0) is 0 Å². The molecule has 0 nitrogen and oxygen atoms in total. The van der Waals surface area contributed by atoms with Gasteiger partial charge in [-0.05, 0) is 32.1 Å². The Morgan fingerprint density at radius 3 is 1.81 bits per heavy atom. The summed E-state index contributed by atoms with van der Waals surface area (Å²) in [6, 6.07) is 0. The van der Waals surface area contributed by atoms with Crippen LogP contribution in [0.3, 0.4) is 0 Å². The summed E-state index contributed by atoms with van der Waals surface area (Å²) >= 11 is 0. The first kappa shape index (κ1) is 15.5. The van der Waals surface area contributed by atoms with E-state index in [4.69, 9.17) is 0 Å². The summed E-state index contributed by atoms with van der Waals surface area (Å²) in [4.78, 5) is 0. The molecule has 0 aromatic carbocycles. The van der Waals surface area contributed by atoms with Gasteiger partial charge >= 0.3 is 0 Å². The molecule has 0 heterocycles. The molecule has 0 heteroatoms. The average molecular weight is 221 g/mol. The lowest BCUT2D eigenvalue weighted by Crippen LogP contribution is -1.74. The van der Waals surface area contributed by atoms with E-state index in [0.29, 0.717) is 0 Å². The number of unbranched alkanes of at least 4 members (excludes halogenated alkanes) is 7. The van der Waals surface area contributed by atoms with Crippen LogP contribution in [0.4, 0.5) is 0 Å². The van der Waals surface area contributed by atoms with Gasteiger partial charge in [-0.2, -0.15) is 0 Å². The van der Waals surface area contributed by atoms with Gasteiger partial charge in [0.15, 0.2) is 0 Å². The molecule has 1 radical (unpaired) electrons. The third kappa shape index (κ3) is 13.5. The largest absolute Gasteiger partial charge is 0.0885 e. The summed E-state index contributed by atoms with van der Waals surface area (Å²) in [7, 11) is 0. The van der Waals surface area contributed by atoms with Crippen molar-refractivity contribution in [1.82, 2.24) is 0 Å². The summed E-state index contributed by atoms with van der Waals surface area (Å²) in [6.07, 6.45) is 21.9. The molecule has 0 aliphatic rings. The Morgan fingerprint density at radius 1 is 0.688 bits per heavy atom. The first-order chi connectivity index (χ1) is 7.91. The maximum Gasteiger partial charge on any atom is -0.0316 e. The van der Waals surface area contributed by atoms with Crippen LogP contribution in [0, 0.1) is 6.92 Å². The van der Waals surface area contributed by atoms with Crippen LogP contribution in [-0.4, -0.2) is 0 Å². The van der Waals surface area contributed by atoms with Crippen molar-refractivity contribution < 1.29 is 0 Å². The summed E-state index contributed by atoms with van der Waals surface area (Å²) in [5, 5.41) is 0. The van der Waals surface area contributed by atoms with Crippen LogP contribution in [0.5, 0.6) is 0 Å². The Labute approximate surface area is 103 Å². The fourth-order valence-electron chi connectivity index (χ4n) is 1.60. The molecule has 0 rings (SSSR count). The second kappa shape index (κ2) is 14.5. The van der Waals surface area contributed by atoms with Gasteiger partial charge in [-0.15, -0.1) is 0 Å². The normalized spacial score (nSPS) is 11.9. The maximum absolute atomic E-state index is 3.85. The molecule has 0 aromatic rings. The molecule has 0 aliphatic carbocycles. The van der Waals surface area contributed by atoms with Gasteiger partial charge in [0.1, 0.15) is 0 Å². The van der Waals surface area contributed by atoms with Crippen LogP contribution in [0.15, 0.2) is 24.3 Å². The van der Waals surface area contributed by atoms with E-state index < -0.39 is 0 Å². The zero-order chi connectivity index (χ0) is 11.9. The second-order valence-corrected chi connectivity index (χ2v) is 4.37. The van der Waals surface area contributed by atoms with Gasteiger partial charge in [-0.3, -0.25) is 0 Å². The Morgan fingerprint density at radius 2 is 1.25 bits per heavy atom. The van der Waals surface area contributed by atoms with Gasteiger partial charge in [0.05, 0.1) is 0 Å². The Kier molecular flexibility index (Phi) is 14.0. The number of allylic oxidation sites excluding steroid dienone is 4. The summed E-state index contributed by atoms with van der Waals surface area (Å²) in [6.45, 7) is 6.09. The Balaban J connectivity index is 3.12. The number of rotatable bonds is 11. The smallest absolute Gasteiger partial charge is 0.0316 e. The molecule has 93 valence electrons. The van der Waals surface area contributed by atoms with Crippen molar-refractivity contribution >= 4 is 0 Å². The molecule has 0 unspecified atom stereocenters. The molecule has 16 heavy (non-hydrogen) atoms. The zero-order valence-corrected chi connectivity index (χ0v) is 11.1.